The highest BCUT2D eigenvalue weighted by Crippen LogP contribution is 2.13. The maximum absolute atomic E-state index is 4.02. The zero-order chi connectivity index (χ0) is 12.7. The maximum atomic E-state index is 4.02. The van der Waals surface area contributed by atoms with Crippen molar-refractivity contribution < 1.29 is 0 Å². The second-order valence-corrected chi connectivity index (χ2v) is 5.37. The van der Waals surface area contributed by atoms with Crippen LogP contribution in [0.3, 0.4) is 0 Å². The number of thioether (sulfide) groups is 1. The van der Waals surface area contributed by atoms with Gasteiger partial charge in [0.05, 0.1) is 6.54 Å². The lowest BCUT2D eigenvalue weighted by Gasteiger charge is -2.08. The fraction of sp³-hybridized carbons (Fsp3) is 0.727. The van der Waals surface area contributed by atoms with Gasteiger partial charge in [-0.2, -0.15) is 0 Å². The van der Waals surface area contributed by atoms with Gasteiger partial charge in [-0.25, -0.2) is 4.68 Å². The maximum Gasteiger partial charge on any atom is 0.209 e. The van der Waals surface area contributed by atoms with Crippen LogP contribution in [0.1, 0.15) is 27.7 Å². The molecule has 0 radical (unpaired) electrons. The van der Waals surface area contributed by atoms with Crippen LogP contribution < -0.4 is 5.32 Å². The monoisotopic (exact) mass is 255 g/mol. The molecule has 0 saturated heterocycles. The third-order valence-corrected chi connectivity index (χ3v) is 2.96. The molecule has 0 aliphatic heterocycles. The Hall–Kier alpha value is -0.880. The van der Waals surface area contributed by atoms with Gasteiger partial charge in [0.25, 0.3) is 0 Å². The fourth-order valence-corrected chi connectivity index (χ4v) is 2.12. The van der Waals surface area contributed by atoms with Gasteiger partial charge in [0, 0.05) is 18.3 Å². The third kappa shape index (κ3) is 5.83. The van der Waals surface area contributed by atoms with Crippen molar-refractivity contribution in [2.75, 3.05) is 12.3 Å². The van der Waals surface area contributed by atoms with E-state index in [1.807, 2.05) is 4.68 Å². The highest BCUT2D eigenvalue weighted by atomic mass is 32.2. The van der Waals surface area contributed by atoms with Crippen LogP contribution in [0.5, 0.6) is 0 Å². The van der Waals surface area contributed by atoms with Crippen LogP contribution >= 0.6 is 11.8 Å². The molecule has 0 saturated carbocycles. The molecule has 0 spiro atoms. The van der Waals surface area contributed by atoms with Gasteiger partial charge in [-0.15, -0.1) is 5.10 Å². The lowest BCUT2D eigenvalue weighted by Crippen LogP contribution is -2.27. The number of nitrogens with zero attached hydrogens (tertiary/aromatic N) is 4. The summed E-state index contributed by atoms with van der Waals surface area (Å²) < 4.78 is 1.85. The lowest BCUT2D eigenvalue weighted by molar-refractivity contribution is 0.485. The molecule has 0 amide bonds. The molecule has 0 atom stereocenters. The van der Waals surface area contributed by atoms with Crippen molar-refractivity contribution in [3.63, 3.8) is 0 Å². The number of aromatic nitrogens is 4. The summed E-state index contributed by atoms with van der Waals surface area (Å²) in [4.78, 5) is 0. The predicted molar refractivity (Wildman–Crippen MR) is 71.1 cm³/mol. The Balaban J connectivity index is 2.40. The number of nitrogens with one attached hydrogen (secondary N) is 1. The summed E-state index contributed by atoms with van der Waals surface area (Å²) in [5.41, 5.74) is 1.32. The summed E-state index contributed by atoms with van der Waals surface area (Å²) >= 11 is 1.66. The van der Waals surface area contributed by atoms with Crippen LogP contribution in [-0.4, -0.2) is 38.5 Å². The van der Waals surface area contributed by atoms with E-state index in [0.717, 1.165) is 24.0 Å². The Labute approximate surface area is 107 Å². The molecule has 0 unspecified atom stereocenters. The van der Waals surface area contributed by atoms with Crippen molar-refractivity contribution in [2.45, 2.75) is 45.4 Å². The Morgan fingerprint density at radius 1 is 1.47 bits per heavy atom. The molecule has 0 aliphatic rings. The summed E-state index contributed by atoms with van der Waals surface area (Å²) in [5, 5.41) is 15.9. The zero-order valence-corrected chi connectivity index (χ0v) is 11.8. The van der Waals surface area contributed by atoms with E-state index in [2.05, 4.69) is 54.6 Å². The van der Waals surface area contributed by atoms with Crippen molar-refractivity contribution in [1.29, 1.82) is 0 Å². The molecular weight excluding hydrogens is 234 g/mol. The molecule has 1 aromatic rings. The summed E-state index contributed by atoms with van der Waals surface area (Å²) in [5.74, 6) is 0.917. The Morgan fingerprint density at radius 3 is 2.88 bits per heavy atom. The van der Waals surface area contributed by atoms with Gasteiger partial charge < -0.3 is 5.32 Å². The molecule has 1 N–H and O–H groups in total. The summed E-state index contributed by atoms with van der Waals surface area (Å²) in [7, 11) is 0. The number of hydrogen-bond donors (Lipinski definition) is 1. The highest BCUT2D eigenvalue weighted by Gasteiger charge is 2.05. The minimum Gasteiger partial charge on any atom is -0.313 e. The number of hydrogen-bond acceptors (Lipinski definition) is 5. The van der Waals surface area contributed by atoms with Gasteiger partial charge in [0.1, 0.15) is 0 Å². The van der Waals surface area contributed by atoms with E-state index >= 15 is 0 Å². The Kier molecular flexibility index (Phi) is 6.21. The van der Waals surface area contributed by atoms with Gasteiger partial charge in [-0.05, 0) is 24.3 Å². The average Bonchev–Trinajstić information content (AvgIpc) is 2.65. The number of rotatable bonds is 7. The molecule has 0 aromatic carbocycles. The van der Waals surface area contributed by atoms with Gasteiger partial charge in [0.15, 0.2) is 0 Å². The van der Waals surface area contributed by atoms with Crippen molar-refractivity contribution >= 4 is 11.8 Å². The molecule has 96 valence electrons. The molecule has 0 bridgehead atoms. The minimum absolute atomic E-state index is 0.494. The minimum atomic E-state index is 0.494. The number of tetrazole rings is 1. The molecule has 0 aliphatic carbocycles. The average molecular weight is 255 g/mol. The van der Waals surface area contributed by atoms with Crippen molar-refractivity contribution in [3.05, 3.63) is 11.6 Å². The first kappa shape index (κ1) is 14.2. The molecule has 6 heteroatoms. The Bertz CT molecular complexity index is 354. The third-order valence-electron chi connectivity index (χ3n) is 2.08. The van der Waals surface area contributed by atoms with E-state index in [4.69, 9.17) is 0 Å². The highest BCUT2D eigenvalue weighted by molar-refractivity contribution is 7.99. The van der Waals surface area contributed by atoms with Crippen molar-refractivity contribution in [1.82, 2.24) is 25.5 Å². The van der Waals surface area contributed by atoms with E-state index in [-0.39, 0.29) is 0 Å². The molecule has 1 aromatic heterocycles. The van der Waals surface area contributed by atoms with Crippen LogP contribution in [0.15, 0.2) is 16.8 Å². The fourth-order valence-electron chi connectivity index (χ4n) is 1.18. The molecule has 17 heavy (non-hydrogen) atoms. The molecule has 0 fully saturated rings. The van der Waals surface area contributed by atoms with E-state index in [1.165, 1.54) is 5.57 Å². The van der Waals surface area contributed by atoms with E-state index in [9.17, 15) is 0 Å². The first-order valence-electron chi connectivity index (χ1n) is 5.85. The molecular formula is C11H21N5S. The molecule has 1 heterocycles. The van der Waals surface area contributed by atoms with Crippen LogP contribution in [0.4, 0.5) is 0 Å². The van der Waals surface area contributed by atoms with Crippen LogP contribution in [0.2, 0.25) is 0 Å². The largest absolute Gasteiger partial charge is 0.313 e. The van der Waals surface area contributed by atoms with Crippen molar-refractivity contribution in [3.8, 4) is 0 Å². The smallest absolute Gasteiger partial charge is 0.209 e. The van der Waals surface area contributed by atoms with E-state index in [1.54, 1.807) is 11.8 Å². The van der Waals surface area contributed by atoms with E-state index < -0.39 is 0 Å². The number of allylic oxidation sites excluding steroid dienone is 1. The SMILES string of the molecule is CC(C)=CCSc1nnnn1CCNC(C)C. The quantitative estimate of drug-likeness (QED) is 0.594. The summed E-state index contributed by atoms with van der Waals surface area (Å²) in [6, 6.07) is 0.494. The summed E-state index contributed by atoms with van der Waals surface area (Å²) in [6.07, 6.45) is 2.18. The van der Waals surface area contributed by atoms with Gasteiger partial charge in [-0.3, -0.25) is 0 Å². The standard InChI is InChI=1S/C11H21N5S/c1-9(2)5-8-17-11-13-14-15-16(11)7-6-12-10(3)4/h5,10,12H,6-8H2,1-4H3. The second kappa shape index (κ2) is 7.45. The first-order chi connectivity index (χ1) is 8.09. The Morgan fingerprint density at radius 2 is 2.24 bits per heavy atom. The molecule has 5 nitrogen and oxygen atoms in total. The van der Waals surface area contributed by atoms with Crippen molar-refractivity contribution in [2.24, 2.45) is 0 Å². The topological polar surface area (TPSA) is 55.6 Å². The predicted octanol–water partition coefficient (Wildman–Crippen LogP) is 1.73. The van der Waals surface area contributed by atoms with Crippen LogP contribution in [-0.2, 0) is 6.54 Å². The first-order valence-corrected chi connectivity index (χ1v) is 6.84. The van der Waals surface area contributed by atoms with Gasteiger partial charge in [-0.1, -0.05) is 37.3 Å². The zero-order valence-electron chi connectivity index (χ0n) is 11.0. The second-order valence-electron chi connectivity index (χ2n) is 4.39. The van der Waals surface area contributed by atoms with Gasteiger partial charge in [0.2, 0.25) is 5.16 Å². The normalized spacial score (nSPS) is 10.9. The molecule has 1 rings (SSSR count). The summed E-state index contributed by atoms with van der Waals surface area (Å²) in [6.45, 7) is 10.1. The van der Waals surface area contributed by atoms with Crippen LogP contribution in [0.25, 0.3) is 0 Å². The van der Waals surface area contributed by atoms with Crippen LogP contribution in [0, 0.1) is 0 Å². The van der Waals surface area contributed by atoms with Gasteiger partial charge >= 0.3 is 0 Å². The lowest BCUT2D eigenvalue weighted by atomic mass is 10.3. The van der Waals surface area contributed by atoms with E-state index in [0.29, 0.717) is 6.04 Å².